The number of hydrogen-bond acceptors (Lipinski definition) is 3. The van der Waals surface area contributed by atoms with Crippen molar-refractivity contribution in [2.75, 3.05) is 39.8 Å². The minimum atomic E-state index is 0.715. The number of piperazine rings is 1. The van der Waals surface area contributed by atoms with Crippen LogP contribution in [-0.4, -0.2) is 61.7 Å². The van der Waals surface area contributed by atoms with E-state index in [1.807, 2.05) is 0 Å². The highest BCUT2D eigenvalue weighted by Gasteiger charge is 2.31. The molecule has 4 atom stereocenters. The van der Waals surface area contributed by atoms with Gasteiger partial charge in [0.05, 0.1) is 0 Å². The van der Waals surface area contributed by atoms with Crippen LogP contribution in [0, 0.1) is 11.8 Å². The SMILES string of the molecule is CCCNC1CCC(C)CC1CN1CCN(C)C(C)C1. The Morgan fingerprint density at radius 1 is 1.15 bits per heavy atom. The van der Waals surface area contributed by atoms with Crippen molar-refractivity contribution in [3.63, 3.8) is 0 Å². The number of nitrogens with one attached hydrogen (secondary N) is 1. The van der Waals surface area contributed by atoms with Crippen LogP contribution in [0.15, 0.2) is 0 Å². The van der Waals surface area contributed by atoms with Gasteiger partial charge in [-0.1, -0.05) is 13.8 Å². The lowest BCUT2D eigenvalue weighted by atomic mass is 9.78. The van der Waals surface area contributed by atoms with Crippen molar-refractivity contribution in [2.24, 2.45) is 11.8 Å². The van der Waals surface area contributed by atoms with Gasteiger partial charge in [-0.05, 0) is 58.0 Å². The van der Waals surface area contributed by atoms with Crippen molar-refractivity contribution in [1.29, 1.82) is 0 Å². The van der Waals surface area contributed by atoms with Gasteiger partial charge in [0.2, 0.25) is 0 Å². The van der Waals surface area contributed by atoms with Crippen LogP contribution in [0.2, 0.25) is 0 Å². The third kappa shape index (κ3) is 4.44. The molecule has 0 amide bonds. The summed E-state index contributed by atoms with van der Waals surface area (Å²) in [4.78, 5) is 5.21. The van der Waals surface area contributed by atoms with Gasteiger partial charge >= 0.3 is 0 Å². The van der Waals surface area contributed by atoms with E-state index in [1.165, 1.54) is 58.4 Å². The monoisotopic (exact) mass is 281 g/mol. The lowest BCUT2D eigenvalue weighted by molar-refractivity contribution is 0.0718. The molecular weight excluding hydrogens is 246 g/mol. The number of rotatable bonds is 5. The van der Waals surface area contributed by atoms with Gasteiger partial charge < -0.3 is 15.1 Å². The molecule has 3 nitrogen and oxygen atoms in total. The van der Waals surface area contributed by atoms with E-state index in [2.05, 4.69) is 42.9 Å². The molecule has 1 saturated carbocycles. The Labute approximate surface area is 126 Å². The van der Waals surface area contributed by atoms with Crippen LogP contribution in [0.3, 0.4) is 0 Å². The third-order valence-electron chi connectivity index (χ3n) is 5.44. The Bertz CT molecular complexity index is 279. The lowest BCUT2D eigenvalue weighted by Gasteiger charge is -2.43. The summed E-state index contributed by atoms with van der Waals surface area (Å²) in [5.74, 6) is 1.78. The zero-order valence-corrected chi connectivity index (χ0v) is 14.1. The van der Waals surface area contributed by atoms with Crippen LogP contribution < -0.4 is 5.32 Å². The van der Waals surface area contributed by atoms with Gasteiger partial charge in [-0.25, -0.2) is 0 Å². The predicted molar refractivity (Wildman–Crippen MR) is 87.1 cm³/mol. The Kier molecular flexibility index (Phi) is 6.31. The quantitative estimate of drug-likeness (QED) is 0.835. The summed E-state index contributed by atoms with van der Waals surface area (Å²) in [6, 6.07) is 1.48. The molecule has 4 unspecified atom stereocenters. The maximum atomic E-state index is 3.81. The fourth-order valence-corrected chi connectivity index (χ4v) is 3.92. The first-order valence-electron chi connectivity index (χ1n) is 8.76. The van der Waals surface area contributed by atoms with E-state index in [4.69, 9.17) is 0 Å². The number of nitrogens with zero attached hydrogens (tertiary/aromatic N) is 2. The second kappa shape index (κ2) is 7.77. The van der Waals surface area contributed by atoms with E-state index in [0.29, 0.717) is 6.04 Å². The number of likely N-dealkylation sites (N-methyl/N-ethyl adjacent to an activating group) is 1. The molecule has 3 heteroatoms. The average molecular weight is 281 g/mol. The second-order valence-electron chi connectivity index (χ2n) is 7.33. The molecule has 0 aromatic heterocycles. The average Bonchev–Trinajstić information content (AvgIpc) is 2.42. The van der Waals surface area contributed by atoms with Crippen molar-refractivity contribution >= 4 is 0 Å². The van der Waals surface area contributed by atoms with Crippen LogP contribution in [0.25, 0.3) is 0 Å². The molecule has 0 spiro atoms. The summed E-state index contributed by atoms with van der Waals surface area (Å²) in [5.41, 5.74) is 0. The molecule has 2 fully saturated rings. The highest BCUT2D eigenvalue weighted by molar-refractivity contribution is 4.87. The van der Waals surface area contributed by atoms with E-state index >= 15 is 0 Å². The van der Waals surface area contributed by atoms with Crippen molar-refractivity contribution < 1.29 is 0 Å². The Hall–Kier alpha value is -0.120. The normalized spacial score (nSPS) is 37.2. The van der Waals surface area contributed by atoms with E-state index in [1.54, 1.807) is 0 Å². The minimum absolute atomic E-state index is 0.715. The highest BCUT2D eigenvalue weighted by Crippen LogP contribution is 2.30. The van der Waals surface area contributed by atoms with Gasteiger partial charge in [0, 0.05) is 38.3 Å². The molecule has 1 aliphatic carbocycles. The van der Waals surface area contributed by atoms with Crippen molar-refractivity contribution in [3.05, 3.63) is 0 Å². The maximum absolute atomic E-state index is 3.81. The predicted octanol–water partition coefficient (Wildman–Crippen LogP) is 2.43. The van der Waals surface area contributed by atoms with Crippen molar-refractivity contribution in [1.82, 2.24) is 15.1 Å². The minimum Gasteiger partial charge on any atom is -0.314 e. The second-order valence-corrected chi connectivity index (χ2v) is 7.33. The standard InChI is InChI=1S/C17H35N3/c1-5-8-18-17-7-6-14(2)11-16(17)13-20-10-9-19(4)15(3)12-20/h14-18H,5-13H2,1-4H3. The first-order valence-corrected chi connectivity index (χ1v) is 8.76. The molecule has 1 N–H and O–H groups in total. The van der Waals surface area contributed by atoms with Crippen LogP contribution in [0.5, 0.6) is 0 Å². The summed E-state index contributed by atoms with van der Waals surface area (Å²) in [5, 5.41) is 3.81. The molecule has 0 radical (unpaired) electrons. The zero-order valence-electron chi connectivity index (χ0n) is 14.1. The van der Waals surface area contributed by atoms with Crippen LogP contribution in [0.4, 0.5) is 0 Å². The zero-order chi connectivity index (χ0) is 14.5. The van der Waals surface area contributed by atoms with Crippen molar-refractivity contribution in [3.8, 4) is 0 Å². The molecule has 1 heterocycles. The fraction of sp³-hybridized carbons (Fsp3) is 1.00. The number of hydrogen-bond donors (Lipinski definition) is 1. The summed E-state index contributed by atoms with van der Waals surface area (Å²) < 4.78 is 0. The van der Waals surface area contributed by atoms with Crippen molar-refractivity contribution in [2.45, 2.75) is 58.5 Å². The third-order valence-corrected chi connectivity index (χ3v) is 5.44. The molecule has 0 aromatic rings. The fourth-order valence-electron chi connectivity index (χ4n) is 3.92. The molecule has 2 rings (SSSR count). The molecule has 2 aliphatic rings. The Morgan fingerprint density at radius 3 is 2.65 bits per heavy atom. The van der Waals surface area contributed by atoms with Crippen LogP contribution in [-0.2, 0) is 0 Å². The molecule has 1 aliphatic heterocycles. The molecule has 0 bridgehead atoms. The Balaban J connectivity index is 1.86. The van der Waals surface area contributed by atoms with E-state index in [9.17, 15) is 0 Å². The highest BCUT2D eigenvalue weighted by atomic mass is 15.3. The topological polar surface area (TPSA) is 18.5 Å². The molecule has 20 heavy (non-hydrogen) atoms. The van der Waals surface area contributed by atoms with E-state index in [0.717, 1.165) is 17.9 Å². The van der Waals surface area contributed by atoms with E-state index in [-0.39, 0.29) is 0 Å². The van der Waals surface area contributed by atoms with Gasteiger partial charge in [-0.15, -0.1) is 0 Å². The summed E-state index contributed by atoms with van der Waals surface area (Å²) in [7, 11) is 2.26. The molecule has 118 valence electrons. The summed E-state index contributed by atoms with van der Waals surface area (Å²) in [6.45, 7) is 13.3. The molecule has 1 saturated heterocycles. The molecular formula is C17H35N3. The first kappa shape index (κ1) is 16.3. The lowest BCUT2D eigenvalue weighted by Crippen LogP contribution is -2.53. The van der Waals surface area contributed by atoms with Gasteiger partial charge in [0.15, 0.2) is 0 Å². The van der Waals surface area contributed by atoms with Gasteiger partial charge in [0.25, 0.3) is 0 Å². The summed E-state index contributed by atoms with van der Waals surface area (Å²) >= 11 is 0. The smallest absolute Gasteiger partial charge is 0.0192 e. The maximum Gasteiger partial charge on any atom is 0.0192 e. The Morgan fingerprint density at radius 2 is 1.95 bits per heavy atom. The van der Waals surface area contributed by atoms with Crippen LogP contribution >= 0.6 is 0 Å². The van der Waals surface area contributed by atoms with Crippen LogP contribution in [0.1, 0.15) is 46.5 Å². The largest absolute Gasteiger partial charge is 0.314 e. The van der Waals surface area contributed by atoms with Gasteiger partial charge in [-0.3, -0.25) is 0 Å². The van der Waals surface area contributed by atoms with Gasteiger partial charge in [-0.2, -0.15) is 0 Å². The van der Waals surface area contributed by atoms with Gasteiger partial charge in [0.1, 0.15) is 0 Å². The summed E-state index contributed by atoms with van der Waals surface area (Å²) in [6.07, 6.45) is 5.47. The molecule has 0 aromatic carbocycles. The first-order chi connectivity index (χ1) is 9.60. The van der Waals surface area contributed by atoms with E-state index < -0.39 is 0 Å².